The van der Waals surface area contributed by atoms with E-state index in [1.807, 2.05) is 22.7 Å². The van der Waals surface area contributed by atoms with Crippen LogP contribution in [0.4, 0.5) is 0 Å². The largest absolute Gasteiger partial charge is 0.312 e. The van der Waals surface area contributed by atoms with Crippen LogP contribution in [0.15, 0.2) is 72.1 Å². The van der Waals surface area contributed by atoms with Crippen molar-refractivity contribution < 1.29 is 0 Å². The van der Waals surface area contributed by atoms with Gasteiger partial charge in [-0.2, -0.15) is 0 Å². The van der Waals surface area contributed by atoms with Crippen LogP contribution in [0.2, 0.25) is 0 Å². The third kappa shape index (κ3) is 2.14. The quantitative estimate of drug-likeness (QED) is 0.295. The molecular formula is C26H17NS2. The number of thiophene rings is 2. The Balaban J connectivity index is 1.73. The van der Waals surface area contributed by atoms with Crippen molar-refractivity contribution in [3.8, 4) is 0 Å². The maximum atomic E-state index is 2.54. The minimum atomic E-state index is 1.08. The average molecular weight is 408 g/mol. The second-order valence-corrected chi connectivity index (χ2v) is 9.71. The zero-order valence-corrected chi connectivity index (χ0v) is 17.3. The predicted molar refractivity (Wildman–Crippen MR) is 128 cm³/mol. The molecule has 0 unspecified atom stereocenters. The highest BCUT2D eigenvalue weighted by atomic mass is 32.1. The van der Waals surface area contributed by atoms with Crippen LogP contribution in [0.25, 0.3) is 53.8 Å². The fourth-order valence-corrected chi connectivity index (χ4v) is 6.96. The number of nitrogens with zero attached hydrogens (tertiary/aromatic N) is 1. The number of rotatable bonds is 1. The summed E-state index contributed by atoms with van der Waals surface area (Å²) in [5.41, 5.74) is 4.10. The van der Waals surface area contributed by atoms with Gasteiger partial charge in [-0.1, -0.05) is 42.5 Å². The topological polar surface area (TPSA) is 4.93 Å². The monoisotopic (exact) mass is 407 g/mol. The van der Waals surface area contributed by atoms with E-state index in [1.165, 1.54) is 57.4 Å². The Labute approximate surface area is 175 Å². The summed E-state index contributed by atoms with van der Waals surface area (Å²) >= 11 is 3.77. The molecule has 7 rings (SSSR count). The molecule has 0 radical (unpaired) electrons. The lowest BCUT2D eigenvalue weighted by Gasteiger charge is -2.14. The van der Waals surface area contributed by atoms with Crippen molar-refractivity contribution in [3.05, 3.63) is 81.9 Å². The summed E-state index contributed by atoms with van der Waals surface area (Å²) in [6.45, 7) is 0. The Morgan fingerprint density at radius 2 is 1.62 bits per heavy atom. The van der Waals surface area contributed by atoms with Gasteiger partial charge >= 0.3 is 0 Å². The maximum Gasteiger partial charge on any atom is 0.0550 e. The summed E-state index contributed by atoms with van der Waals surface area (Å²) in [7, 11) is 0. The van der Waals surface area contributed by atoms with Gasteiger partial charge in [-0.3, -0.25) is 0 Å². The number of hydrogen-bond donors (Lipinski definition) is 0. The molecule has 3 heteroatoms. The number of para-hydroxylation sites is 1. The van der Waals surface area contributed by atoms with Crippen molar-refractivity contribution in [3.63, 3.8) is 0 Å². The fourth-order valence-electron chi connectivity index (χ4n) is 4.88. The fraction of sp³-hybridized carbons (Fsp3) is 0.0769. The lowest BCUT2D eigenvalue weighted by atomic mass is 10.1. The van der Waals surface area contributed by atoms with E-state index in [4.69, 9.17) is 0 Å². The molecule has 0 aliphatic heterocycles. The van der Waals surface area contributed by atoms with E-state index in [1.54, 1.807) is 0 Å². The van der Waals surface area contributed by atoms with Gasteiger partial charge in [-0.05, 0) is 59.2 Å². The molecule has 6 aromatic rings. The van der Waals surface area contributed by atoms with Gasteiger partial charge in [0.25, 0.3) is 0 Å². The molecule has 0 bridgehead atoms. The Bertz CT molecular complexity index is 1710. The molecule has 0 atom stereocenters. The Morgan fingerprint density at radius 1 is 0.759 bits per heavy atom. The smallest absolute Gasteiger partial charge is 0.0550 e. The van der Waals surface area contributed by atoms with E-state index >= 15 is 0 Å². The molecule has 0 saturated heterocycles. The van der Waals surface area contributed by atoms with Crippen LogP contribution in [-0.4, -0.2) is 4.57 Å². The zero-order chi connectivity index (χ0) is 18.9. The summed E-state index contributed by atoms with van der Waals surface area (Å²) in [4.78, 5) is 0. The van der Waals surface area contributed by atoms with E-state index in [2.05, 4.69) is 82.8 Å². The van der Waals surface area contributed by atoms with Crippen molar-refractivity contribution in [1.82, 2.24) is 4.57 Å². The molecule has 1 aliphatic carbocycles. The molecule has 138 valence electrons. The second kappa shape index (κ2) is 5.82. The minimum absolute atomic E-state index is 1.08. The van der Waals surface area contributed by atoms with E-state index in [9.17, 15) is 0 Å². The molecule has 0 fully saturated rings. The SMILES string of the molecule is C1=c2c(sc3ccccc23)=C(n2c3ccccc3c3cc4sccc4cc32)CC1. The molecule has 1 nitrogen and oxygen atoms in total. The molecule has 0 amide bonds. The van der Waals surface area contributed by atoms with Gasteiger partial charge in [0.1, 0.15) is 0 Å². The van der Waals surface area contributed by atoms with Gasteiger partial charge in [0.05, 0.1) is 15.6 Å². The van der Waals surface area contributed by atoms with E-state index < -0.39 is 0 Å². The maximum absolute atomic E-state index is 2.54. The Kier molecular flexibility index (Phi) is 3.20. The lowest BCUT2D eigenvalue weighted by Crippen LogP contribution is -2.27. The van der Waals surface area contributed by atoms with Crippen LogP contribution in [0.3, 0.4) is 0 Å². The zero-order valence-electron chi connectivity index (χ0n) is 15.7. The van der Waals surface area contributed by atoms with Crippen LogP contribution < -0.4 is 9.75 Å². The summed E-state index contributed by atoms with van der Waals surface area (Å²) in [5.74, 6) is 0. The molecule has 3 aromatic carbocycles. The molecule has 3 aromatic heterocycles. The highest BCUT2D eigenvalue weighted by Gasteiger charge is 2.18. The highest BCUT2D eigenvalue weighted by molar-refractivity contribution is 7.17. The van der Waals surface area contributed by atoms with Crippen molar-refractivity contribution in [1.29, 1.82) is 0 Å². The first-order valence-electron chi connectivity index (χ1n) is 10.0. The molecule has 1 aliphatic rings. The normalized spacial score (nSPS) is 14.1. The van der Waals surface area contributed by atoms with Crippen molar-refractivity contribution in [2.24, 2.45) is 0 Å². The summed E-state index contributed by atoms with van der Waals surface area (Å²) in [6.07, 6.45) is 4.61. The van der Waals surface area contributed by atoms with Gasteiger partial charge in [0.2, 0.25) is 0 Å². The standard InChI is InChI=1S/C26H17NS2/c1-3-9-21-17(6-1)20-15-25-16(12-13-28-25)14-23(20)27(21)22-10-5-8-19-18-7-2-4-11-24(18)29-26(19)22/h1-4,6-9,11-15H,5,10H2. The van der Waals surface area contributed by atoms with Gasteiger partial charge < -0.3 is 4.57 Å². The molecule has 3 heterocycles. The van der Waals surface area contributed by atoms with Crippen LogP contribution in [-0.2, 0) is 0 Å². The minimum Gasteiger partial charge on any atom is -0.312 e. The van der Waals surface area contributed by atoms with Crippen molar-refractivity contribution >= 4 is 76.4 Å². The molecule has 29 heavy (non-hydrogen) atoms. The summed E-state index contributed by atoms with van der Waals surface area (Å²) in [6, 6.07) is 24.7. The third-order valence-electron chi connectivity index (χ3n) is 6.14. The van der Waals surface area contributed by atoms with Crippen molar-refractivity contribution in [2.45, 2.75) is 12.8 Å². The van der Waals surface area contributed by atoms with Gasteiger partial charge in [-0.15, -0.1) is 22.7 Å². The van der Waals surface area contributed by atoms with Crippen molar-refractivity contribution in [2.75, 3.05) is 0 Å². The number of aromatic nitrogens is 1. The Morgan fingerprint density at radius 3 is 2.59 bits per heavy atom. The molecule has 0 spiro atoms. The molecular weight excluding hydrogens is 390 g/mol. The summed E-state index contributed by atoms with van der Waals surface area (Å²) in [5, 5.41) is 9.07. The third-order valence-corrected chi connectivity index (χ3v) is 8.26. The van der Waals surface area contributed by atoms with Gasteiger partial charge in [0, 0.05) is 31.3 Å². The van der Waals surface area contributed by atoms with Gasteiger partial charge in [0.15, 0.2) is 0 Å². The predicted octanol–water partition coefficient (Wildman–Crippen LogP) is 6.45. The highest BCUT2D eigenvalue weighted by Crippen LogP contribution is 2.36. The second-order valence-electron chi connectivity index (χ2n) is 7.71. The Hall–Kier alpha value is -2.88. The first kappa shape index (κ1) is 16.0. The summed E-state index contributed by atoms with van der Waals surface area (Å²) < 4.78 is 6.73. The van der Waals surface area contributed by atoms with E-state index in [-0.39, 0.29) is 0 Å². The average Bonchev–Trinajstić information content (AvgIpc) is 3.45. The number of hydrogen-bond acceptors (Lipinski definition) is 2. The van der Waals surface area contributed by atoms with E-state index in [0.29, 0.717) is 0 Å². The lowest BCUT2D eigenvalue weighted by molar-refractivity contribution is 0.998. The van der Waals surface area contributed by atoms with Gasteiger partial charge in [-0.25, -0.2) is 0 Å². The molecule has 0 N–H and O–H groups in total. The van der Waals surface area contributed by atoms with Crippen LogP contribution in [0.1, 0.15) is 12.8 Å². The van der Waals surface area contributed by atoms with Crippen LogP contribution in [0, 0.1) is 0 Å². The van der Waals surface area contributed by atoms with Crippen LogP contribution >= 0.6 is 22.7 Å². The van der Waals surface area contributed by atoms with Crippen LogP contribution in [0.5, 0.6) is 0 Å². The number of fused-ring (bicyclic) bond motifs is 7. The molecule has 0 saturated carbocycles. The first-order valence-corrected chi connectivity index (χ1v) is 11.7. The van der Waals surface area contributed by atoms with E-state index in [0.717, 1.165) is 12.8 Å². The first-order chi connectivity index (χ1) is 14.4. The number of benzene rings is 3.